The Morgan fingerprint density at radius 3 is 2.00 bits per heavy atom. The van der Waals surface area contributed by atoms with Gasteiger partial charge in [-0.1, -0.05) is 33.1 Å². The maximum absolute atomic E-state index is 11.9. The van der Waals surface area contributed by atoms with Crippen molar-refractivity contribution in [2.24, 2.45) is 0 Å². The SMILES string of the molecule is CCC1(S(=O)(=O)CC)CCCCC1. The minimum absolute atomic E-state index is 0.306. The molecule has 1 aliphatic rings. The Balaban J connectivity index is 2.91. The number of sulfone groups is 1. The number of rotatable bonds is 3. The molecule has 1 rings (SSSR count). The highest BCUT2D eigenvalue weighted by Gasteiger charge is 2.41. The summed E-state index contributed by atoms with van der Waals surface area (Å²) in [5.41, 5.74) is 0. The van der Waals surface area contributed by atoms with Gasteiger partial charge in [0.25, 0.3) is 0 Å². The van der Waals surface area contributed by atoms with Gasteiger partial charge in [-0.15, -0.1) is 0 Å². The van der Waals surface area contributed by atoms with E-state index < -0.39 is 9.84 Å². The lowest BCUT2D eigenvalue weighted by atomic mass is 9.86. The van der Waals surface area contributed by atoms with Crippen LogP contribution in [0.25, 0.3) is 0 Å². The van der Waals surface area contributed by atoms with Gasteiger partial charge in [0.1, 0.15) is 0 Å². The highest BCUT2D eigenvalue weighted by molar-refractivity contribution is 7.92. The van der Waals surface area contributed by atoms with Crippen LogP contribution in [0.3, 0.4) is 0 Å². The molecule has 0 aromatic heterocycles. The maximum atomic E-state index is 11.9. The van der Waals surface area contributed by atoms with E-state index in [0.717, 1.165) is 32.1 Å². The topological polar surface area (TPSA) is 34.1 Å². The Kier molecular flexibility index (Phi) is 3.38. The first-order chi connectivity index (χ1) is 6.08. The summed E-state index contributed by atoms with van der Waals surface area (Å²) in [6, 6.07) is 0. The minimum atomic E-state index is -2.83. The van der Waals surface area contributed by atoms with Crippen LogP contribution in [0.2, 0.25) is 0 Å². The molecule has 0 aromatic rings. The third-order valence-corrected chi connectivity index (χ3v) is 6.23. The van der Waals surface area contributed by atoms with E-state index in [1.54, 1.807) is 6.92 Å². The summed E-state index contributed by atoms with van der Waals surface area (Å²) in [5.74, 6) is 0.306. The molecule has 0 radical (unpaired) electrons. The molecule has 0 aromatic carbocycles. The molecule has 0 aliphatic heterocycles. The van der Waals surface area contributed by atoms with Gasteiger partial charge in [-0.25, -0.2) is 8.42 Å². The van der Waals surface area contributed by atoms with E-state index >= 15 is 0 Å². The predicted molar refractivity (Wildman–Crippen MR) is 55.6 cm³/mol. The molecule has 2 nitrogen and oxygen atoms in total. The van der Waals surface area contributed by atoms with Gasteiger partial charge in [-0.3, -0.25) is 0 Å². The molecule has 0 N–H and O–H groups in total. The van der Waals surface area contributed by atoms with Crippen LogP contribution < -0.4 is 0 Å². The smallest absolute Gasteiger partial charge is 0.155 e. The van der Waals surface area contributed by atoms with Crippen molar-refractivity contribution in [3.63, 3.8) is 0 Å². The fraction of sp³-hybridized carbons (Fsp3) is 1.00. The van der Waals surface area contributed by atoms with Crippen molar-refractivity contribution in [1.29, 1.82) is 0 Å². The first-order valence-electron chi connectivity index (χ1n) is 5.30. The van der Waals surface area contributed by atoms with Crippen LogP contribution >= 0.6 is 0 Å². The molecule has 0 saturated heterocycles. The zero-order chi connectivity index (χ0) is 9.95. The summed E-state index contributed by atoms with van der Waals surface area (Å²) in [4.78, 5) is 0. The van der Waals surface area contributed by atoms with Crippen molar-refractivity contribution in [2.75, 3.05) is 5.75 Å². The lowest BCUT2D eigenvalue weighted by molar-refractivity contribution is 0.364. The molecule has 0 unspecified atom stereocenters. The summed E-state index contributed by atoms with van der Waals surface area (Å²) in [6.07, 6.45) is 5.96. The second-order valence-electron chi connectivity index (χ2n) is 4.00. The second kappa shape index (κ2) is 3.99. The third-order valence-electron chi connectivity index (χ3n) is 3.45. The standard InChI is InChI=1S/C10H20O2S/c1-3-10(13(11,12)4-2)8-6-5-7-9-10/h3-9H2,1-2H3. The van der Waals surface area contributed by atoms with Crippen LogP contribution in [-0.4, -0.2) is 18.9 Å². The summed E-state index contributed by atoms with van der Waals surface area (Å²) in [5, 5.41) is 0. The highest BCUT2D eigenvalue weighted by atomic mass is 32.2. The molecule has 0 atom stereocenters. The first kappa shape index (κ1) is 11.0. The number of hydrogen-bond donors (Lipinski definition) is 0. The molecule has 13 heavy (non-hydrogen) atoms. The van der Waals surface area contributed by atoms with Crippen molar-refractivity contribution >= 4 is 9.84 Å². The van der Waals surface area contributed by atoms with Crippen LogP contribution in [0, 0.1) is 0 Å². The molecule has 3 heteroatoms. The largest absolute Gasteiger partial charge is 0.228 e. The third kappa shape index (κ3) is 1.90. The van der Waals surface area contributed by atoms with Crippen molar-refractivity contribution in [2.45, 2.75) is 57.1 Å². The van der Waals surface area contributed by atoms with Gasteiger partial charge < -0.3 is 0 Å². The zero-order valence-electron chi connectivity index (χ0n) is 8.67. The second-order valence-corrected chi connectivity index (χ2v) is 6.67. The van der Waals surface area contributed by atoms with Crippen molar-refractivity contribution in [3.05, 3.63) is 0 Å². The fourth-order valence-corrected chi connectivity index (χ4v) is 4.35. The van der Waals surface area contributed by atoms with Gasteiger partial charge in [0.05, 0.1) is 4.75 Å². The zero-order valence-corrected chi connectivity index (χ0v) is 9.49. The summed E-state index contributed by atoms with van der Waals surface area (Å²) < 4.78 is 23.5. The van der Waals surface area contributed by atoms with Gasteiger partial charge >= 0.3 is 0 Å². The van der Waals surface area contributed by atoms with E-state index in [9.17, 15) is 8.42 Å². The molecule has 1 aliphatic carbocycles. The average Bonchev–Trinajstić information content (AvgIpc) is 2.18. The maximum Gasteiger partial charge on any atom is 0.155 e. The van der Waals surface area contributed by atoms with Gasteiger partial charge in [-0.05, 0) is 19.3 Å². The van der Waals surface area contributed by atoms with Crippen molar-refractivity contribution in [1.82, 2.24) is 0 Å². The van der Waals surface area contributed by atoms with E-state index in [1.807, 2.05) is 6.92 Å². The monoisotopic (exact) mass is 204 g/mol. The van der Waals surface area contributed by atoms with Crippen LogP contribution in [-0.2, 0) is 9.84 Å². The Morgan fingerprint density at radius 2 is 1.62 bits per heavy atom. The summed E-state index contributed by atoms with van der Waals surface area (Å²) in [6.45, 7) is 3.78. The first-order valence-corrected chi connectivity index (χ1v) is 6.95. The summed E-state index contributed by atoms with van der Waals surface area (Å²) in [7, 11) is -2.83. The average molecular weight is 204 g/mol. The molecular weight excluding hydrogens is 184 g/mol. The predicted octanol–water partition coefficient (Wildman–Crippen LogP) is 2.53. The van der Waals surface area contributed by atoms with E-state index in [1.165, 1.54) is 6.42 Å². The van der Waals surface area contributed by atoms with E-state index in [2.05, 4.69) is 0 Å². The van der Waals surface area contributed by atoms with Crippen LogP contribution in [0.15, 0.2) is 0 Å². The molecule has 1 saturated carbocycles. The Morgan fingerprint density at radius 1 is 1.08 bits per heavy atom. The van der Waals surface area contributed by atoms with Crippen LogP contribution in [0.5, 0.6) is 0 Å². The van der Waals surface area contributed by atoms with Gasteiger partial charge in [-0.2, -0.15) is 0 Å². The molecule has 0 heterocycles. The Hall–Kier alpha value is -0.0500. The molecule has 78 valence electrons. The Bertz CT molecular complexity index is 248. The highest BCUT2D eigenvalue weighted by Crippen LogP contribution is 2.38. The number of hydrogen-bond acceptors (Lipinski definition) is 2. The van der Waals surface area contributed by atoms with E-state index in [4.69, 9.17) is 0 Å². The van der Waals surface area contributed by atoms with Crippen LogP contribution in [0.1, 0.15) is 52.4 Å². The molecule has 0 bridgehead atoms. The minimum Gasteiger partial charge on any atom is -0.228 e. The van der Waals surface area contributed by atoms with Gasteiger partial charge in [0, 0.05) is 5.75 Å². The summed E-state index contributed by atoms with van der Waals surface area (Å²) >= 11 is 0. The molecular formula is C10H20O2S. The van der Waals surface area contributed by atoms with E-state index in [0.29, 0.717) is 5.75 Å². The van der Waals surface area contributed by atoms with Gasteiger partial charge in [0.15, 0.2) is 9.84 Å². The lowest BCUT2D eigenvalue weighted by Crippen LogP contribution is -2.41. The van der Waals surface area contributed by atoms with Crippen LogP contribution in [0.4, 0.5) is 0 Å². The lowest BCUT2D eigenvalue weighted by Gasteiger charge is -2.35. The van der Waals surface area contributed by atoms with Crippen molar-refractivity contribution < 1.29 is 8.42 Å². The fourth-order valence-electron chi connectivity index (χ4n) is 2.39. The van der Waals surface area contributed by atoms with Gasteiger partial charge in [0.2, 0.25) is 0 Å². The van der Waals surface area contributed by atoms with Crippen molar-refractivity contribution in [3.8, 4) is 0 Å². The van der Waals surface area contributed by atoms with E-state index in [-0.39, 0.29) is 4.75 Å². The Labute approximate surface area is 81.6 Å². The molecule has 0 amide bonds. The quantitative estimate of drug-likeness (QED) is 0.708. The molecule has 1 fully saturated rings. The normalized spacial score (nSPS) is 22.9. The molecule has 0 spiro atoms.